The summed E-state index contributed by atoms with van der Waals surface area (Å²) >= 11 is 3.44. The van der Waals surface area contributed by atoms with Gasteiger partial charge in [0.25, 0.3) is 0 Å². The molecular formula is C14H21BrN2O. The van der Waals surface area contributed by atoms with Crippen LogP contribution >= 0.6 is 15.9 Å². The second-order valence-electron chi connectivity index (χ2n) is 4.72. The number of hydrogen-bond donors (Lipinski definition) is 2. The van der Waals surface area contributed by atoms with E-state index in [0.717, 1.165) is 34.1 Å². The van der Waals surface area contributed by atoms with Crippen LogP contribution in [0.25, 0.3) is 0 Å². The fourth-order valence-electron chi connectivity index (χ4n) is 2.01. The number of amides is 1. The van der Waals surface area contributed by atoms with Crippen LogP contribution in [0.5, 0.6) is 0 Å². The predicted octanol–water partition coefficient (Wildman–Crippen LogP) is 3.52. The van der Waals surface area contributed by atoms with Crippen LogP contribution < -0.4 is 11.1 Å². The summed E-state index contributed by atoms with van der Waals surface area (Å²) in [5.74, 6) is -0.00975. The molecule has 0 saturated carbocycles. The zero-order chi connectivity index (χ0) is 13.7. The van der Waals surface area contributed by atoms with Gasteiger partial charge in [-0.15, -0.1) is 0 Å². The zero-order valence-corrected chi connectivity index (χ0v) is 12.8. The molecule has 4 heteroatoms. The van der Waals surface area contributed by atoms with E-state index in [9.17, 15) is 4.79 Å². The normalized spacial score (nSPS) is 12.3. The molecule has 1 amide bonds. The number of aryl methyl sites for hydroxylation is 2. The lowest BCUT2D eigenvalue weighted by Gasteiger charge is -2.14. The zero-order valence-electron chi connectivity index (χ0n) is 11.2. The second kappa shape index (κ2) is 6.90. The van der Waals surface area contributed by atoms with Crippen molar-refractivity contribution in [3.05, 3.63) is 27.7 Å². The molecule has 1 unspecified atom stereocenters. The Balaban J connectivity index is 2.70. The average molecular weight is 313 g/mol. The molecule has 1 rings (SSSR count). The van der Waals surface area contributed by atoms with E-state index in [1.807, 2.05) is 26.0 Å². The molecule has 0 saturated heterocycles. The number of carbonyl (C=O) groups excluding carboxylic acids is 1. The summed E-state index contributed by atoms with van der Waals surface area (Å²) in [5.41, 5.74) is 8.88. The molecule has 3 N–H and O–H groups in total. The molecule has 18 heavy (non-hydrogen) atoms. The third-order valence-electron chi connectivity index (χ3n) is 2.87. The fraction of sp³-hybridized carbons (Fsp3) is 0.500. The predicted molar refractivity (Wildman–Crippen MR) is 79.7 cm³/mol. The molecule has 0 aliphatic heterocycles. The summed E-state index contributed by atoms with van der Waals surface area (Å²) in [7, 11) is 0. The van der Waals surface area contributed by atoms with Crippen LogP contribution in [0.2, 0.25) is 0 Å². The van der Waals surface area contributed by atoms with Crippen molar-refractivity contribution in [3.63, 3.8) is 0 Å². The van der Waals surface area contributed by atoms with Crippen LogP contribution in [0, 0.1) is 13.8 Å². The van der Waals surface area contributed by atoms with Gasteiger partial charge < -0.3 is 11.1 Å². The maximum Gasteiger partial charge on any atom is 0.225 e. The number of hydrogen-bond acceptors (Lipinski definition) is 2. The first kappa shape index (κ1) is 15.2. The molecule has 0 aliphatic carbocycles. The molecule has 0 aliphatic rings. The molecule has 1 aromatic rings. The molecule has 0 fully saturated rings. The van der Waals surface area contributed by atoms with Crippen molar-refractivity contribution >= 4 is 27.5 Å². The SMILES string of the molecule is CCCC(N)CC(=O)Nc1c(C)cc(Br)cc1C. The van der Waals surface area contributed by atoms with Gasteiger partial charge in [0.05, 0.1) is 0 Å². The maximum atomic E-state index is 11.9. The van der Waals surface area contributed by atoms with Crippen LogP contribution in [0.1, 0.15) is 37.3 Å². The van der Waals surface area contributed by atoms with E-state index in [-0.39, 0.29) is 11.9 Å². The second-order valence-corrected chi connectivity index (χ2v) is 5.63. The Morgan fingerprint density at radius 1 is 1.39 bits per heavy atom. The minimum atomic E-state index is -0.0499. The minimum absolute atomic E-state index is 0.00975. The summed E-state index contributed by atoms with van der Waals surface area (Å²) < 4.78 is 1.03. The number of halogens is 1. The molecule has 1 aromatic carbocycles. The number of nitrogens with one attached hydrogen (secondary N) is 1. The van der Waals surface area contributed by atoms with E-state index < -0.39 is 0 Å². The highest BCUT2D eigenvalue weighted by molar-refractivity contribution is 9.10. The lowest BCUT2D eigenvalue weighted by atomic mass is 10.1. The van der Waals surface area contributed by atoms with E-state index >= 15 is 0 Å². The van der Waals surface area contributed by atoms with Gasteiger partial charge in [-0.3, -0.25) is 4.79 Å². The fourth-order valence-corrected chi connectivity index (χ4v) is 2.70. The van der Waals surface area contributed by atoms with Crippen molar-refractivity contribution in [3.8, 4) is 0 Å². The van der Waals surface area contributed by atoms with Crippen LogP contribution in [0.3, 0.4) is 0 Å². The largest absolute Gasteiger partial charge is 0.327 e. The quantitative estimate of drug-likeness (QED) is 0.874. The van der Waals surface area contributed by atoms with E-state index in [2.05, 4.69) is 28.2 Å². The van der Waals surface area contributed by atoms with Gasteiger partial charge in [-0.1, -0.05) is 29.3 Å². The van der Waals surface area contributed by atoms with E-state index in [1.165, 1.54) is 0 Å². The van der Waals surface area contributed by atoms with Crippen molar-refractivity contribution in [1.82, 2.24) is 0 Å². The standard InChI is InChI=1S/C14H21BrN2O/c1-4-5-12(16)8-13(18)17-14-9(2)6-11(15)7-10(14)3/h6-7,12H,4-5,8,16H2,1-3H3,(H,17,18). The third kappa shape index (κ3) is 4.42. The molecular weight excluding hydrogens is 292 g/mol. The first-order valence-electron chi connectivity index (χ1n) is 6.26. The third-order valence-corrected chi connectivity index (χ3v) is 3.33. The Bertz CT molecular complexity index is 409. The monoisotopic (exact) mass is 312 g/mol. The van der Waals surface area contributed by atoms with E-state index in [1.54, 1.807) is 0 Å². The maximum absolute atomic E-state index is 11.9. The molecule has 0 radical (unpaired) electrons. The topological polar surface area (TPSA) is 55.1 Å². The first-order valence-corrected chi connectivity index (χ1v) is 7.05. The number of anilines is 1. The smallest absolute Gasteiger partial charge is 0.225 e. The lowest BCUT2D eigenvalue weighted by molar-refractivity contribution is -0.116. The summed E-state index contributed by atoms with van der Waals surface area (Å²) in [5, 5.41) is 2.96. The van der Waals surface area contributed by atoms with Gasteiger partial charge in [0, 0.05) is 22.6 Å². The first-order chi connectivity index (χ1) is 8.43. The number of rotatable bonds is 5. The Morgan fingerprint density at radius 3 is 2.44 bits per heavy atom. The Kier molecular flexibility index (Phi) is 5.82. The highest BCUT2D eigenvalue weighted by Gasteiger charge is 2.11. The van der Waals surface area contributed by atoms with Crippen molar-refractivity contribution in [2.45, 2.75) is 46.1 Å². The number of carbonyl (C=O) groups is 1. The van der Waals surface area contributed by atoms with E-state index in [0.29, 0.717) is 6.42 Å². The summed E-state index contributed by atoms with van der Waals surface area (Å²) in [6.45, 7) is 6.04. The van der Waals surface area contributed by atoms with Gasteiger partial charge >= 0.3 is 0 Å². The van der Waals surface area contributed by atoms with Crippen molar-refractivity contribution in [1.29, 1.82) is 0 Å². The summed E-state index contributed by atoms with van der Waals surface area (Å²) in [4.78, 5) is 11.9. The molecule has 0 aromatic heterocycles. The van der Waals surface area contributed by atoms with Crippen molar-refractivity contribution in [2.75, 3.05) is 5.32 Å². The van der Waals surface area contributed by atoms with Gasteiger partial charge in [-0.25, -0.2) is 0 Å². The van der Waals surface area contributed by atoms with Crippen LogP contribution in [-0.4, -0.2) is 11.9 Å². The van der Waals surface area contributed by atoms with Gasteiger partial charge in [-0.2, -0.15) is 0 Å². The summed E-state index contributed by atoms with van der Waals surface area (Å²) in [6.07, 6.45) is 2.26. The van der Waals surface area contributed by atoms with Crippen molar-refractivity contribution < 1.29 is 4.79 Å². The van der Waals surface area contributed by atoms with Crippen LogP contribution in [0.15, 0.2) is 16.6 Å². The van der Waals surface area contributed by atoms with Crippen LogP contribution in [-0.2, 0) is 4.79 Å². The minimum Gasteiger partial charge on any atom is -0.327 e. The molecule has 1 atom stereocenters. The highest BCUT2D eigenvalue weighted by Crippen LogP contribution is 2.25. The molecule has 100 valence electrons. The summed E-state index contributed by atoms with van der Waals surface area (Å²) in [6, 6.07) is 3.94. The van der Waals surface area contributed by atoms with Gasteiger partial charge in [-0.05, 0) is 43.5 Å². The molecule has 0 spiro atoms. The Hall–Kier alpha value is -0.870. The molecule has 3 nitrogen and oxygen atoms in total. The van der Waals surface area contributed by atoms with Gasteiger partial charge in [0.1, 0.15) is 0 Å². The lowest BCUT2D eigenvalue weighted by Crippen LogP contribution is -2.27. The van der Waals surface area contributed by atoms with Crippen LogP contribution in [0.4, 0.5) is 5.69 Å². The number of benzene rings is 1. The molecule has 0 bridgehead atoms. The van der Waals surface area contributed by atoms with Crippen molar-refractivity contribution in [2.24, 2.45) is 5.73 Å². The van der Waals surface area contributed by atoms with Gasteiger partial charge in [0.2, 0.25) is 5.91 Å². The van der Waals surface area contributed by atoms with E-state index in [4.69, 9.17) is 5.73 Å². The Labute approximate surface area is 117 Å². The Morgan fingerprint density at radius 2 is 1.94 bits per heavy atom. The average Bonchev–Trinajstić information content (AvgIpc) is 2.23. The number of nitrogens with two attached hydrogens (primary N) is 1. The van der Waals surface area contributed by atoms with Gasteiger partial charge in [0.15, 0.2) is 0 Å². The highest BCUT2D eigenvalue weighted by atomic mass is 79.9. The molecule has 0 heterocycles.